The summed E-state index contributed by atoms with van der Waals surface area (Å²) >= 11 is 6.00. The molecule has 0 saturated carbocycles. The van der Waals surface area contributed by atoms with Crippen LogP contribution in [0.1, 0.15) is 36.1 Å². The summed E-state index contributed by atoms with van der Waals surface area (Å²) in [5, 5.41) is 16.6. The van der Waals surface area contributed by atoms with Crippen LogP contribution in [0.5, 0.6) is 5.75 Å². The zero-order valence-corrected chi connectivity index (χ0v) is 18.9. The third kappa shape index (κ3) is 4.05. The van der Waals surface area contributed by atoms with Crippen LogP contribution >= 0.6 is 11.6 Å². The molecule has 1 aliphatic heterocycles. The van der Waals surface area contributed by atoms with Crippen LogP contribution in [0.2, 0.25) is 5.02 Å². The average molecular weight is 461 g/mol. The molecule has 5 rings (SSSR count). The fourth-order valence-electron chi connectivity index (χ4n) is 4.11. The number of halogens is 1. The molecule has 0 saturated heterocycles. The topological polar surface area (TPSA) is 94.8 Å². The van der Waals surface area contributed by atoms with Crippen molar-refractivity contribution in [2.45, 2.75) is 26.2 Å². The molecule has 0 aliphatic carbocycles. The number of hydrogen-bond donors (Lipinski definition) is 1. The molecule has 166 valence electrons. The summed E-state index contributed by atoms with van der Waals surface area (Å²) in [6.07, 6.45) is 1.90. The van der Waals surface area contributed by atoms with E-state index in [9.17, 15) is 4.79 Å². The van der Waals surface area contributed by atoms with Crippen molar-refractivity contribution < 1.29 is 9.53 Å². The lowest BCUT2D eigenvalue weighted by Crippen LogP contribution is -2.25. The van der Waals surface area contributed by atoms with Crippen LogP contribution in [-0.4, -0.2) is 37.5 Å². The Labute approximate surface area is 195 Å². The first kappa shape index (κ1) is 21.1. The van der Waals surface area contributed by atoms with Crippen molar-refractivity contribution in [3.05, 3.63) is 76.6 Å². The predicted octanol–water partition coefficient (Wildman–Crippen LogP) is 4.56. The lowest BCUT2D eigenvalue weighted by atomic mass is 9.86. The number of amides is 1. The number of carbonyl (C=O) groups excluding carboxylic acids is 1. The predicted molar refractivity (Wildman–Crippen MR) is 125 cm³/mol. The largest absolute Gasteiger partial charge is 0.494 e. The molecule has 33 heavy (non-hydrogen) atoms. The maximum Gasteiger partial charge on any atom is 0.272 e. The van der Waals surface area contributed by atoms with Crippen LogP contribution in [0, 0.1) is 6.92 Å². The van der Waals surface area contributed by atoms with E-state index in [1.54, 1.807) is 23.0 Å². The number of nitrogens with zero attached hydrogens (tertiary/aromatic N) is 5. The normalized spacial score (nSPS) is 15.1. The van der Waals surface area contributed by atoms with Gasteiger partial charge in [0.2, 0.25) is 5.91 Å². The number of benzene rings is 2. The van der Waals surface area contributed by atoms with Crippen molar-refractivity contribution in [2.24, 2.45) is 0 Å². The Kier molecular flexibility index (Phi) is 5.51. The summed E-state index contributed by atoms with van der Waals surface area (Å²) in [6.45, 7) is 4.44. The van der Waals surface area contributed by atoms with E-state index in [0.717, 1.165) is 28.1 Å². The van der Waals surface area contributed by atoms with Crippen molar-refractivity contribution >= 4 is 23.3 Å². The Morgan fingerprint density at radius 1 is 1.21 bits per heavy atom. The molecule has 2 aromatic carbocycles. The first-order valence-electron chi connectivity index (χ1n) is 10.6. The fourth-order valence-corrected chi connectivity index (χ4v) is 4.23. The highest BCUT2D eigenvalue weighted by atomic mass is 35.5. The second kappa shape index (κ2) is 8.63. The highest BCUT2D eigenvalue weighted by Gasteiger charge is 2.33. The highest BCUT2D eigenvalue weighted by Crippen LogP contribution is 2.40. The second-order valence-electron chi connectivity index (χ2n) is 7.72. The maximum absolute atomic E-state index is 12.7. The molecule has 1 amide bonds. The molecule has 2 aromatic heterocycles. The molecular weight excluding hydrogens is 440 g/mol. The Morgan fingerprint density at radius 2 is 2.03 bits per heavy atom. The summed E-state index contributed by atoms with van der Waals surface area (Å²) in [7, 11) is 0. The quantitative estimate of drug-likeness (QED) is 0.469. The van der Waals surface area contributed by atoms with Gasteiger partial charge in [0.15, 0.2) is 0 Å². The molecule has 3 heterocycles. The zero-order chi connectivity index (χ0) is 22.9. The van der Waals surface area contributed by atoms with Crippen molar-refractivity contribution in [1.29, 1.82) is 0 Å². The SMILES string of the molecule is CCOc1cccc(C2CC(=O)Nc3c2c(C)nn3-c2nncc(-c3ccc(Cl)cc3)n2)c1. The van der Waals surface area contributed by atoms with Crippen LogP contribution in [0.4, 0.5) is 5.82 Å². The van der Waals surface area contributed by atoms with E-state index < -0.39 is 0 Å². The van der Waals surface area contributed by atoms with Crippen LogP contribution in [0.25, 0.3) is 17.2 Å². The molecule has 0 radical (unpaired) electrons. The first-order chi connectivity index (χ1) is 16.0. The number of ether oxygens (including phenoxy) is 1. The summed E-state index contributed by atoms with van der Waals surface area (Å²) < 4.78 is 7.21. The third-order valence-corrected chi connectivity index (χ3v) is 5.80. The van der Waals surface area contributed by atoms with Gasteiger partial charge in [-0.15, -0.1) is 5.10 Å². The number of hydrogen-bond acceptors (Lipinski definition) is 6. The monoisotopic (exact) mass is 460 g/mol. The van der Waals surface area contributed by atoms with Gasteiger partial charge in [-0.3, -0.25) is 4.79 Å². The molecule has 0 fully saturated rings. The summed E-state index contributed by atoms with van der Waals surface area (Å²) in [6, 6.07) is 15.1. The maximum atomic E-state index is 12.7. The Morgan fingerprint density at radius 3 is 2.82 bits per heavy atom. The summed E-state index contributed by atoms with van der Waals surface area (Å²) in [4.78, 5) is 17.3. The highest BCUT2D eigenvalue weighted by molar-refractivity contribution is 6.30. The Hall–Kier alpha value is -3.78. The van der Waals surface area contributed by atoms with Crippen LogP contribution in [0.3, 0.4) is 0 Å². The molecule has 0 spiro atoms. The lowest BCUT2D eigenvalue weighted by Gasteiger charge is -2.24. The first-order valence-corrected chi connectivity index (χ1v) is 11.0. The summed E-state index contributed by atoms with van der Waals surface area (Å²) in [5.41, 5.74) is 4.19. The van der Waals surface area contributed by atoms with Gasteiger partial charge in [0.05, 0.1) is 24.2 Å². The van der Waals surface area contributed by atoms with Gasteiger partial charge in [0, 0.05) is 28.5 Å². The number of anilines is 1. The van der Waals surface area contributed by atoms with E-state index in [2.05, 4.69) is 25.6 Å². The minimum atomic E-state index is -0.157. The van der Waals surface area contributed by atoms with Gasteiger partial charge >= 0.3 is 0 Å². The van der Waals surface area contributed by atoms with Crippen LogP contribution in [-0.2, 0) is 4.79 Å². The van der Waals surface area contributed by atoms with E-state index in [4.69, 9.17) is 16.3 Å². The standard InChI is InChI=1S/C24H21ClN6O2/c1-3-33-18-6-4-5-16(11-18)19-12-21(32)28-23-22(19)14(2)30-31(23)24-27-20(13-26-29-24)15-7-9-17(25)10-8-15/h4-11,13,19H,3,12H2,1-2H3,(H,28,32). The fraction of sp³-hybridized carbons (Fsp3) is 0.208. The van der Waals surface area contributed by atoms with Gasteiger partial charge < -0.3 is 10.1 Å². The number of fused-ring (bicyclic) bond motifs is 1. The lowest BCUT2D eigenvalue weighted by molar-refractivity contribution is -0.116. The van der Waals surface area contributed by atoms with Gasteiger partial charge in [-0.25, -0.2) is 4.98 Å². The average Bonchev–Trinajstić information content (AvgIpc) is 3.15. The van der Waals surface area contributed by atoms with Gasteiger partial charge in [-0.2, -0.15) is 14.9 Å². The van der Waals surface area contributed by atoms with Crippen molar-refractivity contribution in [1.82, 2.24) is 25.0 Å². The van der Waals surface area contributed by atoms with Gasteiger partial charge in [-0.05, 0) is 43.7 Å². The molecule has 9 heteroatoms. The minimum absolute atomic E-state index is 0.0997. The molecule has 4 aromatic rings. The van der Waals surface area contributed by atoms with Crippen LogP contribution in [0.15, 0.2) is 54.7 Å². The van der Waals surface area contributed by atoms with E-state index >= 15 is 0 Å². The summed E-state index contributed by atoms with van der Waals surface area (Å²) in [5.74, 6) is 1.35. The molecule has 8 nitrogen and oxygen atoms in total. The molecule has 1 unspecified atom stereocenters. The van der Waals surface area contributed by atoms with E-state index in [-0.39, 0.29) is 17.8 Å². The smallest absolute Gasteiger partial charge is 0.272 e. The molecule has 0 bridgehead atoms. The van der Waals surface area contributed by atoms with E-state index in [1.165, 1.54) is 0 Å². The second-order valence-corrected chi connectivity index (χ2v) is 8.15. The zero-order valence-electron chi connectivity index (χ0n) is 18.1. The number of nitrogens with one attached hydrogen (secondary N) is 1. The van der Waals surface area contributed by atoms with Gasteiger partial charge in [0.1, 0.15) is 11.6 Å². The number of rotatable bonds is 5. The number of aryl methyl sites for hydroxylation is 1. The van der Waals surface area contributed by atoms with E-state index in [0.29, 0.717) is 29.6 Å². The van der Waals surface area contributed by atoms with Gasteiger partial charge in [0.25, 0.3) is 5.95 Å². The molecule has 1 N–H and O–H groups in total. The third-order valence-electron chi connectivity index (χ3n) is 5.55. The van der Waals surface area contributed by atoms with Crippen molar-refractivity contribution in [2.75, 3.05) is 11.9 Å². The Balaban J connectivity index is 1.58. The Bertz CT molecular complexity index is 1340. The molecular formula is C24H21ClN6O2. The van der Waals surface area contributed by atoms with Crippen molar-refractivity contribution in [3.8, 4) is 23.0 Å². The number of aromatic nitrogens is 5. The van der Waals surface area contributed by atoms with E-state index in [1.807, 2.05) is 50.2 Å². The van der Waals surface area contributed by atoms with Crippen LogP contribution < -0.4 is 10.1 Å². The molecule has 1 aliphatic rings. The molecule has 1 atom stereocenters. The van der Waals surface area contributed by atoms with Crippen molar-refractivity contribution in [3.63, 3.8) is 0 Å². The van der Waals surface area contributed by atoms with Gasteiger partial charge in [-0.1, -0.05) is 35.9 Å². The minimum Gasteiger partial charge on any atom is -0.494 e. The number of carbonyl (C=O) groups is 1.